The van der Waals surface area contributed by atoms with Crippen LogP contribution in [0, 0.1) is 0 Å². The highest BCUT2D eigenvalue weighted by Gasteiger charge is 2.15. The molecule has 0 saturated heterocycles. The van der Waals surface area contributed by atoms with Gasteiger partial charge in [-0.05, 0) is 30.5 Å². The van der Waals surface area contributed by atoms with Crippen molar-refractivity contribution < 1.29 is 31.0 Å². The van der Waals surface area contributed by atoms with Crippen molar-refractivity contribution in [2.45, 2.75) is 64.4 Å². The van der Waals surface area contributed by atoms with Crippen molar-refractivity contribution >= 4 is 10.4 Å². The SMILES string of the molecule is C=CCOCC(COc1ccc(CCCCCCCCC)cc1)OCOS(=O)(=O)OC. The Morgan fingerprint density at radius 3 is 2.32 bits per heavy atom. The molecule has 1 unspecified atom stereocenters. The van der Waals surface area contributed by atoms with Crippen LogP contribution in [0.25, 0.3) is 0 Å². The van der Waals surface area contributed by atoms with Crippen LogP contribution in [-0.2, 0) is 34.7 Å². The molecule has 0 aliphatic heterocycles. The van der Waals surface area contributed by atoms with Crippen LogP contribution < -0.4 is 4.74 Å². The van der Waals surface area contributed by atoms with Crippen LogP contribution >= 0.6 is 0 Å². The van der Waals surface area contributed by atoms with Gasteiger partial charge in [-0.2, -0.15) is 8.42 Å². The predicted molar refractivity (Wildman–Crippen MR) is 121 cm³/mol. The van der Waals surface area contributed by atoms with Crippen LogP contribution in [0.4, 0.5) is 0 Å². The summed E-state index contributed by atoms with van der Waals surface area (Å²) < 4.78 is 47.7. The van der Waals surface area contributed by atoms with Crippen molar-refractivity contribution in [3.8, 4) is 5.75 Å². The number of unbranched alkanes of at least 4 members (excludes halogenated alkanes) is 6. The molecule has 0 aromatic heterocycles. The van der Waals surface area contributed by atoms with E-state index in [1.54, 1.807) is 6.08 Å². The molecule has 1 aromatic rings. The second-order valence-electron chi connectivity index (χ2n) is 7.25. The van der Waals surface area contributed by atoms with Crippen LogP contribution in [0.15, 0.2) is 36.9 Å². The van der Waals surface area contributed by atoms with E-state index in [4.69, 9.17) is 14.2 Å². The average molecular weight is 459 g/mol. The summed E-state index contributed by atoms with van der Waals surface area (Å²) in [6, 6.07) is 8.02. The minimum absolute atomic E-state index is 0.185. The molecule has 0 amide bonds. The highest BCUT2D eigenvalue weighted by molar-refractivity contribution is 7.81. The molecule has 0 fully saturated rings. The lowest BCUT2D eigenvalue weighted by molar-refractivity contribution is -0.0836. The number of benzene rings is 1. The maximum absolute atomic E-state index is 11.2. The maximum Gasteiger partial charge on any atom is 0.401 e. The van der Waals surface area contributed by atoms with E-state index in [1.165, 1.54) is 50.5 Å². The summed E-state index contributed by atoms with van der Waals surface area (Å²) in [6.07, 6.45) is 11.3. The van der Waals surface area contributed by atoms with E-state index in [0.717, 1.165) is 13.5 Å². The zero-order valence-corrected chi connectivity index (χ0v) is 19.7. The molecule has 0 N–H and O–H groups in total. The molecule has 1 aromatic carbocycles. The molecule has 178 valence electrons. The van der Waals surface area contributed by atoms with E-state index in [0.29, 0.717) is 12.4 Å². The van der Waals surface area contributed by atoms with Crippen LogP contribution in [0.2, 0.25) is 0 Å². The first-order chi connectivity index (χ1) is 15.0. The molecule has 8 heteroatoms. The van der Waals surface area contributed by atoms with Gasteiger partial charge in [0.05, 0.1) is 20.3 Å². The molecule has 1 atom stereocenters. The second kappa shape index (κ2) is 17.1. The molecule has 7 nitrogen and oxygen atoms in total. The fourth-order valence-corrected chi connectivity index (χ4v) is 3.16. The summed E-state index contributed by atoms with van der Waals surface area (Å²) in [5.41, 5.74) is 1.29. The lowest BCUT2D eigenvalue weighted by atomic mass is 10.0. The molecule has 31 heavy (non-hydrogen) atoms. The van der Waals surface area contributed by atoms with Crippen molar-refractivity contribution in [2.75, 3.05) is 33.7 Å². The molecule has 0 bridgehead atoms. The topological polar surface area (TPSA) is 80.3 Å². The Hall–Kier alpha value is -1.45. The third kappa shape index (κ3) is 14.3. The highest BCUT2D eigenvalue weighted by atomic mass is 32.3. The monoisotopic (exact) mass is 458 g/mol. The van der Waals surface area contributed by atoms with Crippen LogP contribution in [0.5, 0.6) is 5.75 Å². The summed E-state index contributed by atoms with van der Waals surface area (Å²) in [4.78, 5) is 0. The standard InChI is InChI=1S/C23H38O7S/c1-4-6-7-8-9-10-11-12-21-13-15-22(16-14-21)28-19-23(18-27-17-5-2)29-20-30-31(24,25)26-3/h5,13-16,23H,2,4,6-12,17-20H2,1,3H3. The summed E-state index contributed by atoms with van der Waals surface area (Å²) in [5, 5.41) is 0. The lowest BCUT2D eigenvalue weighted by Crippen LogP contribution is -2.29. The number of aryl methyl sites for hydroxylation is 1. The molecule has 0 aliphatic carbocycles. The van der Waals surface area contributed by atoms with Gasteiger partial charge in [0.2, 0.25) is 0 Å². The summed E-state index contributed by atoms with van der Waals surface area (Å²) in [6.45, 7) is 6.08. The normalized spacial score (nSPS) is 12.6. The second-order valence-corrected chi connectivity index (χ2v) is 8.64. The average Bonchev–Trinajstić information content (AvgIpc) is 2.77. The third-order valence-corrected chi connectivity index (χ3v) is 5.46. The van der Waals surface area contributed by atoms with Crippen molar-refractivity contribution in [3.05, 3.63) is 42.5 Å². The van der Waals surface area contributed by atoms with Gasteiger partial charge < -0.3 is 14.2 Å². The number of hydrogen-bond donors (Lipinski definition) is 0. The maximum atomic E-state index is 11.2. The zero-order valence-electron chi connectivity index (χ0n) is 18.9. The highest BCUT2D eigenvalue weighted by Crippen LogP contribution is 2.16. The van der Waals surface area contributed by atoms with Gasteiger partial charge in [-0.1, -0.05) is 63.7 Å². The minimum atomic E-state index is -4.05. The van der Waals surface area contributed by atoms with Crippen molar-refractivity contribution in [3.63, 3.8) is 0 Å². The molecule has 0 heterocycles. The Morgan fingerprint density at radius 1 is 1.00 bits per heavy atom. The molecule has 0 spiro atoms. The largest absolute Gasteiger partial charge is 0.491 e. The van der Waals surface area contributed by atoms with Crippen LogP contribution in [0.3, 0.4) is 0 Å². The first-order valence-corrected chi connectivity index (χ1v) is 12.3. The van der Waals surface area contributed by atoms with Crippen molar-refractivity contribution in [1.82, 2.24) is 0 Å². The van der Waals surface area contributed by atoms with Crippen molar-refractivity contribution in [1.29, 1.82) is 0 Å². The third-order valence-electron chi connectivity index (χ3n) is 4.67. The predicted octanol–water partition coefficient (Wildman–Crippen LogP) is 4.81. The van der Waals surface area contributed by atoms with Gasteiger partial charge in [0.15, 0.2) is 6.79 Å². The van der Waals surface area contributed by atoms with Gasteiger partial charge in [-0.25, -0.2) is 4.18 Å². The number of hydrogen-bond acceptors (Lipinski definition) is 7. The molecule has 0 radical (unpaired) electrons. The van der Waals surface area contributed by atoms with Crippen LogP contribution in [0.1, 0.15) is 57.4 Å². The number of ether oxygens (including phenoxy) is 3. The van der Waals surface area contributed by atoms with Gasteiger partial charge in [0.25, 0.3) is 0 Å². The van der Waals surface area contributed by atoms with E-state index in [-0.39, 0.29) is 13.2 Å². The van der Waals surface area contributed by atoms with Gasteiger partial charge >= 0.3 is 10.4 Å². The van der Waals surface area contributed by atoms with E-state index < -0.39 is 23.3 Å². The number of rotatable bonds is 20. The van der Waals surface area contributed by atoms with Gasteiger partial charge in [0.1, 0.15) is 18.5 Å². The Balaban J connectivity index is 2.37. The fourth-order valence-electron chi connectivity index (χ4n) is 2.89. The lowest BCUT2D eigenvalue weighted by Gasteiger charge is -2.18. The summed E-state index contributed by atoms with van der Waals surface area (Å²) in [7, 11) is -3.04. The van der Waals surface area contributed by atoms with E-state index in [2.05, 4.69) is 34.0 Å². The van der Waals surface area contributed by atoms with E-state index >= 15 is 0 Å². The van der Waals surface area contributed by atoms with E-state index in [1.807, 2.05) is 12.1 Å². The molecule has 1 rings (SSSR count). The smallest absolute Gasteiger partial charge is 0.401 e. The van der Waals surface area contributed by atoms with Gasteiger partial charge in [0, 0.05) is 0 Å². The first-order valence-electron chi connectivity index (χ1n) is 11.0. The fraction of sp³-hybridized carbons (Fsp3) is 0.652. The van der Waals surface area contributed by atoms with Crippen LogP contribution in [-0.4, -0.2) is 48.2 Å². The van der Waals surface area contributed by atoms with Gasteiger partial charge in [-0.15, -0.1) is 6.58 Å². The molecular weight excluding hydrogens is 420 g/mol. The Labute approximate surface area is 188 Å². The Kier molecular flexibility index (Phi) is 15.3. The zero-order chi connectivity index (χ0) is 22.8. The Morgan fingerprint density at radius 2 is 1.68 bits per heavy atom. The summed E-state index contributed by atoms with van der Waals surface area (Å²) in [5.74, 6) is 0.714. The summed E-state index contributed by atoms with van der Waals surface area (Å²) >= 11 is 0. The van der Waals surface area contributed by atoms with Gasteiger partial charge in [-0.3, -0.25) is 4.18 Å². The van der Waals surface area contributed by atoms with E-state index in [9.17, 15) is 8.42 Å². The quantitative estimate of drug-likeness (QED) is 0.158. The first kappa shape index (κ1) is 27.6. The molecular formula is C23H38O7S. The molecule has 0 aliphatic rings. The Bertz CT molecular complexity index is 674. The molecule has 0 saturated carbocycles. The van der Waals surface area contributed by atoms with Crippen molar-refractivity contribution in [2.24, 2.45) is 0 Å². The minimum Gasteiger partial charge on any atom is -0.491 e.